The number of aryl methyl sites for hydroxylation is 2. The standard InChI is InChI=1S/C20H22N4O3S.ClH/c1-13-9-10-17-18(14(13)2)21-20(28-17)23(12-11-22(3)4)19(25)15-7-5-6-8-16(15)24(26)27;/h5-10H,11-12H2,1-4H3;1H. The van der Waals surface area contributed by atoms with Crippen LogP contribution in [-0.2, 0) is 0 Å². The highest BCUT2D eigenvalue weighted by molar-refractivity contribution is 7.22. The number of likely N-dealkylation sites (N-methyl/N-ethyl adjacent to an activating group) is 1. The summed E-state index contributed by atoms with van der Waals surface area (Å²) in [5.41, 5.74) is 2.94. The molecule has 0 aliphatic rings. The van der Waals surface area contributed by atoms with Crippen molar-refractivity contribution in [3.8, 4) is 0 Å². The van der Waals surface area contributed by atoms with Gasteiger partial charge in [-0.3, -0.25) is 19.8 Å². The van der Waals surface area contributed by atoms with Gasteiger partial charge in [-0.25, -0.2) is 4.98 Å². The van der Waals surface area contributed by atoms with Crippen molar-refractivity contribution in [2.24, 2.45) is 0 Å². The number of nitro groups is 1. The molecular formula is C20H23ClN4O3S. The number of nitrogens with zero attached hydrogens (tertiary/aromatic N) is 4. The minimum atomic E-state index is -0.525. The van der Waals surface area contributed by atoms with Gasteiger partial charge in [0.2, 0.25) is 0 Å². The summed E-state index contributed by atoms with van der Waals surface area (Å²) in [5.74, 6) is -0.414. The predicted molar refractivity (Wildman–Crippen MR) is 120 cm³/mol. The van der Waals surface area contributed by atoms with Gasteiger partial charge in [-0.1, -0.05) is 29.5 Å². The van der Waals surface area contributed by atoms with Gasteiger partial charge in [0.05, 0.1) is 15.1 Å². The Labute approximate surface area is 179 Å². The number of hydrogen-bond acceptors (Lipinski definition) is 6. The molecule has 0 unspecified atom stereocenters. The highest BCUT2D eigenvalue weighted by Crippen LogP contribution is 2.33. The van der Waals surface area contributed by atoms with E-state index in [1.165, 1.54) is 23.5 Å². The summed E-state index contributed by atoms with van der Waals surface area (Å²) in [6, 6.07) is 10.1. The molecule has 1 amide bonds. The van der Waals surface area contributed by atoms with Crippen LogP contribution < -0.4 is 4.90 Å². The summed E-state index contributed by atoms with van der Waals surface area (Å²) < 4.78 is 0.989. The molecule has 1 heterocycles. The van der Waals surface area contributed by atoms with Crippen LogP contribution in [0, 0.1) is 24.0 Å². The number of carbonyl (C=O) groups is 1. The van der Waals surface area contributed by atoms with Crippen LogP contribution >= 0.6 is 23.7 Å². The van der Waals surface area contributed by atoms with Crippen molar-refractivity contribution < 1.29 is 9.72 Å². The zero-order valence-electron chi connectivity index (χ0n) is 16.7. The third kappa shape index (κ3) is 4.72. The Bertz CT molecular complexity index is 1050. The predicted octanol–water partition coefficient (Wildman–Crippen LogP) is 4.45. The van der Waals surface area contributed by atoms with E-state index in [4.69, 9.17) is 4.98 Å². The number of fused-ring (bicyclic) bond motifs is 1. The van der Waals surface area contributed by atoms with Gasteiger partial charge in [0.15, 0.2) is 5.13 Å². The number of amides is 1. The van der Waals surface area contributed by atoms with Gasteiger partial charge in [0.25, 0.3) is 11.6 Å². The monoisotopic (exact) mass is 434 g/mol. The summed E-state index contributed by atoms with van der Waals surface area (Å²) in [6.45, 7) is 5.03. The first kappa shape index (κ1) is 22.7. The van der Waals surface area contributed by atoms with Crippen LogP contribution in [0.1, 0.15) is 21.5 Å². The van der Waals surface area contributed by atoms with Gasteiger partial charge in [-0.2, -0.15) is 0 Å². The third-order valence-corrected chi connectivity index (χ3v) is 5.70. The summed E-state index contributed by atoms with van der Waals surface area (Å²) in [5, 5.41) is 11.9. The second-order valence-electron chi connectivity index (χ2n) is 6.88. The Kier molecular flexibility index (Phi) is 7.29. The summed E-state index contributed by atoms with van der Waals surface area (Å²) in [7, 11) is 3.83. The lowest BCUT2D eigenvalue weighted by atomic mass is 10.1. The molecule has 3 rings (SSSR count). The quantitative estimate of drug-likeness (QED) is 0.423. The summed E-state index contributed by atoms with van der Waals surface area (Å²) in [4.78, 5) is 32.4. The normalized spacial score (nSPS) is 10.8. The van der Waals surface area contributed by atoms with E-state index >= 15 is 0 Å². The fourth-order valence-corrected chi connectivity index (χ4v) is 3.92. The van der Waals surface area contributed by atoms with Gasteiger partial charge in [-0.05, 0) is 51.2 Å². The molecule has 0 spiro atoms. The molecule has 0 radical (unpaired) electrons. The SMILES string of the molecule is Cc1ccc2sc(N(CCN(C)C)C(=O)c3ccccc3[N+](=O)[O-])nc2c1C.Cl. The van der Waals surface area contributed by atoms with Crippen molar-refractivity contribution in [2.75, 3.05) is 32.1 Å². The zero-order valence-corrected chi connectivity index (χ0v) is 18.3. The number of aromatic nitrogens is 1. The second-order valence-corrected chi connectivity index (χ2v) is 7.89. The minimum Gasteiger partial charge on any atom is -0.308 e. The summed E-state index contributed by atoms with van der Waals surface area (Å²) >= 11 is 1.42. The minimum absolute atomic E-state index is 0. The maximum atomic E-state index is 13.3. The van der Waals surface area contributed by atoms with Crippen molar-refractivity contribution in [1.29, 1.82) is 0 Å². The average Bonchev–Trinajstić information content (AvgIpc) is 3.09. The molecule has 154 valence electrons. The lowest BCUT2D eigenvalue weighted by Crippen LogP contribution is -2.37. The van der Waals surface area contributed by atoms with Crippen molar-refractivity contribution >= 4 is 50.7 Å². The van der Waals surface area contributed by atoms with Crippen molar-refractivity contribution in [2.45, 2.75) is 13.8 Å². The number of hydrogen-bond donors (Lipinski definition) is 0. The molecule has 29 heavy (non-hydrogen) atoms. The molecule has 0 aliphatic carbocycles. The molecule has 0 fully saturated rings. The topological polar surface area (TPSA) is 79.6 Å². The van der Waals surface area contributed by atoms with E-state index < -0.39 is 10.8 Å². The van der Waals surface area contributed by atoms with Crippen LogP contribution in [0.2, 0.25) is 0 Å². The van der Waals surface area contributed by atoms with Crippen LogP contribution in [0.25, 0.3) is 10.2 Å². The molecule has 0 atom stereocenters. The zero-order chi connectivity index (χ0) is 20.4. The van der Waals surface area contributed by atoms with Crippen LogP contribution in [-0.4, -0.2) is 47.9 Å². The highest BCUT2D eigenvalue weighted by Gasteiger charge is 2.27. The van der Waals surface area contributed by atoms with Gasteiger partial charge in [-0.15, -0.1) is 12.4 Å². The first-order valence-corrected chi connectivity index (χ1v) is 9.68. The maximum absolute atomic E-state index is 13.3. The smallest absolute Gasteiger partial charge is 0.282 e. The van der Waals surface area contributed by atoms with Crippen molar-refractivity contribution in [1.82, 2.24) is 9.88 Å². The fourth-order valence-electron chi connectivity index (χ4n) is 2.87. The molecule has 0 bridgehead atoms. The number of nitro benzene ring substituents is 1. The van der Waals surface area contributed by atoms with Crippen molar-refractivity contribution in [3.63, 3.8) is 0 Å². The molecule has 7 nitrogen and oxygen atoms in total. The number of thiazole rings is 1. The Morgan fingerprint density at radius 2 is 1.83 bits per heavy atom. The Morgan fingerprint density at radius 1 is 1.14 bits per heavy atom. The molecule has 2 aromatic carbocycles. The number of anilines is 1. The number of benzene rings is 2. The van der Waals surface area contributed by atoms with E-state index in [1.807, 2.05) is 45.0 Å². The van der Waals surface area contributed by atoms with Gasteiger partial charge in [0, 0.05) is 19.2 Å². The van der Waals surface area contributed by atoms with Crippen LogP contribution in [0.15, 0.2) is 36.4 Å². The van der Waals surface area contributed by atoms with Gasteiger partial charge in [0.1, 0.15) is 5.56 Å². The molecule has 3 aromatic rings. The van der Waals surface area contributed by atoms with Gasteiger partial charge >= 0.3 is 0 Å². The van der Waals surface area contributed by atoms with E-state index in [2.05, 4.69) is 0 Å². The first-order valence-electron chi connectivity index (χ1n) is 8.86. The molecule has 0 aliphatic heterocycles. The second kappa shape index (κ2) is 9.30. The number of para-hydroxylation sites is 1. The van der Waals surface area contributed by atoms with Crippen LogP contribution in [0.5, 0.6) is 0 Å². The fraction of sp³-hybridized carbons (Fsp3) is 0.300. The largest absolute Gasteiger partial charge is 0.308 e. The molecule has 0 N–H and O–H groups in total. The van der Waals surface area contributed by atoms with Crippen LogP contribution in [0.3, 0.4) is 0 Å². The molecule has 1 aromatic heterocycles. The van der Waals surface area contributed by atoms with Crippen LogP contribution in [0.4, 0.5) is 10.8 Å². The van der Waals surface area contributed by atoms with E-state index in [-0.39, 0.29) is 23.7 Å². The van der Waals surface area contributed by atoms with E-state index in [0.717, 1.165) is 21.3 Å². The number of carbonyl (C=O) groups excluding carboxylic acids is 1. The van der Waals surface area contributed by atoms with E-state index in [0.29, 0.717) is 18.2 Å². The maximum Gasteiger partial charge on any atom is 0.282 e. The lowest BCUT2D eigenvalue weighted by molar-refractivity contribution is -0.385. The van der Waals surface area contributed by atoms with Crippen molar-refractivity contribution in [3.05, 3.63) is 63.2 Å². The highest BCUT2D eigenvalue weighted by atomic mass is 35.5. The molecule has 0 saturated carbocycles. The third-order valence-electron chi connectivity index (χ3n) is 4.65. The van der Waals surface area contributed by atoms with E-state index in [9.17, 15) is 14.9 Å². The Morgan fingerprint density at radius 3 is 2.48 bits per heavy atom. The average molecular weight is 435 g/mol. The Hall–Kier alpha value is -2.55. The summed E-state index contributed by atoms with van der Waals surface area (Å²) in [6.07, 6.45) is 0. The molecule has 9 heteroatoms. The lowest BCUT2D eigenvalue weighted by Gasteiger charge is -2.22. The van der Waals surface area contributed by atoms with Gasteiger partial charge < -0.3 is 4.90 Å². The molecular weight excluding hydrogens is 412 g/mol. The number of halogens is 1. The molecule has 0 saturated heterocycles. The Balaban J connectivity index is 0.00000300. The first-order chi connectivity index (χ1) is 13.3. The number of rotatable bonds is 6. The van der Waals surface area contributed by atoms with E-state index in [1.54, 1.807) is 17.0 Å².